The van der Waals surface area contributed by atoms with Gasteiger partial charge in [-0.05, 0) is 43.2 Å². The minimum atomic E-state index is -0.650. The van der Waals surface area contributed by atoms with Crippen molar-refractivity contribution in [3.05, 3.63) is 68.7 Å². The molecule has 1 N–H and O–H groups in total. The Bertz CT molecular complexity index is 875. The van der Waals surface area contributed by atoms with Crippen molar-refractivity contribution in [1.82, 2.24) is 10.2 Å². The molecule has 0 spiro atoms. The second kappa shape index (κ2) is 13.2. The molecule has 2 aromatic rings. The van der Waals surface area contributed by atoms with Gasteiger partial charge in [-0.15, -0.1) is 11.8 Å². The molecule has 2 amide bonds. The van der Waals surface area contributed by atoms with Gasteiger partial charge < -0.3 is 10.2 Å². The Morgan fingerprint density at radius 1 is 1.10 bits per heavy atom. The van der Waals surface area contributed by atoms with E-state index in [4.69, 9.17) is 34.8 Å². The van der Waals surface area contributed by atoms with E-state index in [1.807, 2.05) is 24.3 Å². The van der Waals surface area contributed by atoms with Crippen LogP contribution >= 0.6 is 46.6 Å². The Morgan fingerprint density at radius 3 is 2.42 bits per heavy atom. The number of carbonyl (C=O) groups is 2. The monoisotopic (exact) mass is 500 g/mol. The van der Waals surface area contributed by atoms with Crippen LogP contribution in [0, 0.1) is 0 Å². The lowest BCUT2D eigenvalue weighted by atomic mass is 10.1. The van der Waals surface area contributed by atoms with E-state index in [2.05, 4.69) is 12.2 Å². The van der Waals surface area contributed by atoms with Crippen LogP contribution in [0.1, 0.15) is 37.8 Å². The molecule has 0 heterocycles. The molecule has 1 atom stereocenters. The highest BCUT2D eigenvalue weighted by molar-refractivity contribution is 7.99. The van der Waals surface area contributed by atoms with Gasteiger partial charge in [0, 0.05) is 39.5 Å². The molecule has 2 aromatic carbocycles. The molecule has 0 aromatic heterocycles. The third kappa shape index (κ3) is 8.23. The third-order valence-corrected chi connectivity index (χ3v) is 6.70. The standard InChI is InChI=1S/C23H27Cl3N2O2S/c1-3-4-11-27-23(30)16(2)28(13-19-20(25)9-6-10-21(19)26)22(29)15-31-14-17-7-5-8-18(24)12-17/h5-10,12,16H,3-4,11,13-15H2,1-2H3,(H,27,30)/t16-/m0/s1. The summed E-state index contributed by atoms with van der Waals surface area (Å²) in [6.07, 6.45) is 1.87. The van der Waals surface area contributed by atoms with Crippen molar-refractivity contribution in [2.45, 2.75) is 45.0 Å². The van der Waals surface area contributed by atoms with Gasteiger partial charge in [-0.25, -0.2) is 0 Å². The largest absolute Gasteiger partial charge is 0.354 e. The van der Waals surface area contributed by atoms with E-state index in [9.17, 15) is 9.59 Å². The highest BCUT2D eigenvalue weighted by atomic mass is 35.5. The van der Waals surface area contributed by atoms with Crippen LogP contribution in [0.2, 0.25) is 15.1 Å². The summed E-state index contributed by atoms with van der Waals surface area (Å²) in [6.45, 7) is 4.53. The SMILES string of the molecule is CCCCNC(=O)[C@H](C)N(Cc1c(Cl)cccc1Cl)C(=O)CSCc1cccc(Cl)c1. The van der Waals surface area contributed by atoms with Crippen molar-refractivity contribution in [1.29, 1.82) is 0 Å². The molecule has 0 bridgehead atoms. The normalized spacial score (nSPS) is 11.8. The maximum atomic E-state index is 13.1. The lowest BCUT2D eigenvalue weighted by Crippen LogP contribution is -2.48. The van der Waals surface area contributed by atoms with Crippen LogP contribution in [0.4, 0.5) is 0 Å². The molecule has 2 rings (SSSR count). The van der Waals surface area contributed by atoms with Crippen molar-refractivity contribution in [2.75, 3.05) is 12.3 Å². The second-order valence-electron chi connectivity index (χ2n) is 7.17. The summed E-state index contributed by atoms with van der Waals surface area (Å²) in [5.41, 5.74) is 1.67. The van der Waals surface area contributed by atoms with Gasteiger partial charge in [0.15, 0.2) is 0 Å². The van der Waals surface area contributed by atoms with Gasteiger partial charge in [-0.2, -0.15) is 0 Å². The van der Waals surface area contributed by atoms with Crippen molar-refractivity contribution < 1.29 is 9.59 Å². The minimum Gasteiger partial charge on any atom is -0.354 e. The Labute approximate surface area is 203 Å². The first-order valence-corrected chi connectivity index (χ1v) is 12.4. The van der Waals surface area contributed by atoms with Gasteiger partial charge in [0.1, 0.15) is 6.04 Å². The zero-order valence-electron chi connectivity index (χ0n) is 17.7. The van der Waals surface area contributed by atoms with E-state index in [-0.39, 0.29) is 24.1 Å². The molecule has 0 fully saturated rings. The van der Waals surface area contributed by atoms with E-state index >= 15 is 0 Å². The van der Waals surface area contributed by atoms with Crippen molar-refractivity contribution in [2.24, 2.45) is 0 Å². The number of halogens is 3. The molecule has 4 nitrogen and oxygen atoms in total. The summed E-state index contributed by atoms with van der Waals surface area (Å²) >= 11 is 20.2. The quantitative estimate of drug-likeness (QED) is 0.372. The van der Waals surface area contributed by atoms with Gasteiger partial charge in [-0.3, -0.25) is 9.59 Å². The Kier molecular flexibility index (Phi) is 11.0. The molecule has 0 saturated heterocycles. The molecule has 0 unspecified atom stereocenters. The molecule has 0 radical (unpaired) electrons. The van der Waals surface area contributed by atoms with Crippen LogP contribution < -0.4 is 5.32 Å². The number of nitrogens with zero attached hydrogens (tertiary/aromatic N) is 1. The molecule has 168 valence electrons. The number of benzene rings is 2. The van der Waals surface area contributed by atoms with E-state index < -0.39 is 6.04 Å². The maximum absolute atomic E-state index is 13.1. The molecule has 0 aliphatic carbocycles. The van der Waals surface area contributed by atoms with E-state index in [0.29, 0.717) is 32.9 Å². The summed E-state index contributed by atoms with van der Waals surface area (Å²) in [7, 11) is 0. The van der Waals surface area contributed by atoms with Crippen LogP contribution in [0.25, 0.3) is 0 Å². The van der Waals surface area contributed by atoms with Crippen LogP contribution in [0.15, 0.2) is 42.5 Å². The number of hydrogen-bond donors (Lipinski definition) is 1. The van der Waals surface area contributed by atoms with Gasteiger partial charge in [-0.1, -0.05) is 66.3 Å². The zero-order valence-corrected chi connectivity index (χ0v) is 20.8. The predicted octanol–water partition coefficient (Wildman–Crippen LogP) is 6.21. The molecular weight excluding hydrogens is 475 g/mol. The first-order chi connectivity index (χ1) is 14.8. The fourth-order valence-corrected chi connectivity index (χ4v) is 4.53. The van der Waals surface area contributed by atoms with Gasteiger partial charge in [0.2, 0.25) is 11.8 Å². The lowest BCUT2D eigenvalue weighted by Gasteiger charge is -2.29. The lowest BCUT2D eigenvalue weighted by molar-refractivity contribution is -0.138. The topological polar surface area (TPSA) is 49.4 Å². The molecule has 31 heavy (non-hydrogen) atoms. The summed E-state index contributed by atoms with van der Waals surface area (Å²) in [4.78, 5) is 27.3. The molecule has 0 aliphatic heterocycles. The fourth-order valence-electron chi connectivity index (χ4n) is 2.94. The first kappa shape index (κ1) is 25.9. The highest BCUT2D eigenvalue weighted by Crippen LogP contribution is 2.27. The van der Waals surface area contributed by atoms with E-state index in [0.717, 1.165) is 18.4 Å². The summed E-state index contributed by atoms with van der Waals surface area (Å²) in [6, 6.07) is 12.1. The number of carbonyl (C=O) groups excluding carboxylic acids is 2. The van der Waals surface area contributed by atoms with Gasteiger partial charge >= 0.3 is 0 Å². The smallest absolute Gasteiger partial charge is 0.242 e. The van der Waals surface area contributed by atoms with Crippen molar-refractivity contribution >= 4 is 58.4 Å². The van der Waals surface area contributed by atoms with Gasteiger partial charge in [0.25, 0.3) is 0 Å². The maximum Gasteiger partial charge on any atom is 0.242 e. The van der Waals surface area contributed by atoms with Crippen LogP contribution in [-0.2, 0) is 21.9 Å². The summed E-state index contributed by atoms with van der Waals surface area (Å²) in [5, 5.41) is 4.50. The third-order valence-electron chi connectivity index (χ3n) is 4.77. The van der Waals surface area contributed by atoms with Crippen molar-refractivity contribution in [3.8, 4) is 0 Å². The van der Waals surface area contributed by atoms with E-state index in [1.54, 1.807) is 30.0 Å². The molecule has 8 heteroatoms. The van der Waals surface area contributed by atoms with Crippen LogP contribution in [0.3, 0.4) is 0 Å². The number of hydrogen-bond acceptors (Lipinski definition) is 3. The molecule has 0 aliphatic rings. The molecular formula is C23H27Cl3N2O2S. The van der Waals surface area contributed by atoms with Gasteiger partial charge in [0.05, 0.1) is 5.75 Å². The Hall–Kier alpha value is -1.40. The molecule has 0 saturated carbocycles. The second-order valence-corrected chi connectivity index (χ2v) is 9.40. The number of amides is 2. The highest BCUT2D eigenvalue weighted by Gasteiger charge is 2.27. The van der Waals surface area contributed by atoms with E-state index in [1.165, 1.54) is 11.8 Å². The average Bonchev–Trinajstić information content (AvgIpc) is 2.73. The number of unbranched alkanes of at least 4 members (excludes halogenated alkanes) is 1. The number of nitrogens with one attached hydrogen (secondary N) is 1. The Morgan fingerprint density at radius 2 is 1.77 bits per heavy atom. The number of thioether (sulfide) groups is 1. The average molecular weight is 502 g/mol. The van der Waals surface area contributed by atoms with Crippen LogP contribution in [0.5, 0.6) is 0 Å². The summed E-state index contributed by atoms with van der Waals surface area (Å²) < 4.78 is 0. The Balaban J connectivity index is 2.11. The first-order valence-electron chi connectivity index (χ1n) is 10.2. The fraction of sp³-hybridized carbons (Fsp3) is 0.391. The zero-order chi connectivity index (χ0) is 22.8. The summed E-state index contributed by atoms with van der Waals surface area (Å²) in [5.74, 6) is 0.525. The predicted molar refractivity (Wildman–Crippen MR) is 132 cm³/mol. The number of rotatable bonds is 11. The minimum absolute atomic E-state index is 0.152. The van der Waals surface area contributed by atoms with Crippen LogP contribution in [-0.4, -0.2) is 35.1 Å². The van der Waals surface area contributed by atoms with Crippen molar-refractivity contribution in [3.63, 3.8) is 0 Å².